The molecule has 2 aromatic carbocycles. The molecule has 10 heteroatoms. The number of hydrogen-bond acceptors (Lipinski definition) is 6. The van der Waals surface area contributed by atoms with Crippen molar-refractivity contribution in [3.63, 3.8) is 0 Å². The number of nitrogens with zero attached hydrogens (tertiary/aromatic N) is 2. The van der Waals surface area contributed by atoms with Gasteiger partial charge in [0.15, 0.2) is 11.3 Å². The summed E-state index contributed by atoms with van der Waals surface area (Å²) < 4.78 is 62.8. The second-order valence-electron chi connectivity index (χ2n) is 7.99. The Kier molecular flexibility index (Phi) is 7.18. The maximum Gasteiger partial charge on any atom is 0.437 e. The van der Waals surface area contributed by atoms with Gasteiger partial charge in [-0.3, -0.25) is 4.79 Å². The number of aryl methyl sites for hydroxylation is 1. The number of rotatable bonds is 10. The predicted molar refractivity (Wildman–Crippen MR) is 123 cm³/mol. The molecule has 0 bridgehead atoms. The first-order valence-electron chi connectivity index (χ1n) is 11.2. The normalized spacial score (nSPS) is 11.8. The Balaban J connectivity index is 1.38. The van der Waals surface area contributed by atoms with Crippen molar-refractivity contribution < 1.29 is 36.7 Å². The fourth-order valence-electron chi connectivity index (χ4n) is 3.89. The second-order valence-corrected chi connectivity index (χ2v) is 7.99. The molecule has 35 heavy (non-hydrogen) atoms. The third-order valence-corrected chi connectivity index (χ3v) is 5.56. The van der Waals surface area contributed by atoms with Gasteiger partial charge in [-0.15, -0.1) is 0 Å². The Labute approximate surface area is 199 Å². The molecule has 0 fully saturated rings. The average Bonchev–Trinajstić information content (AvgIpc) is 3.44. The van der Waals surface area contributed by atoms with Crippen molar-refractivity contribution in [2.24, 2.45) is 0 Å². The summed E-state index contributed by atoms with van der Waals surface area (Å²) in [6.07, 6.45) is -1.01. The van der Waals surface area contributed by atoms with E-state index in [0.29, 0.717) is 49.5 Å². The molecule has 4 aromatic rings. The Morgan fingerprint density at radius 3 is 2.66 bits per heavy atom. The summed E-state index contributed by atoms with van der Waals surface area (Å²) in [5.41, 5.74) is 0.508. The first-order chi connectivity index (χ1) is 16.8. The van der Waals surface area contributed by atoms with Crippen LogP contribution in [0.1, 0.15) is 31.0 Å². The van der Waals surface area contributed by atoms with E-state index in [1.807, 2.05) is 37.4 Å². The number of methoxy groups -OCH3 is 1. The number of halogens is 3. The maximum absolute atomic E-state index is 13.2. The molecule has 0 radical (unpaired) electrons. The van der Waals surface area contributed by atoms with Crippen molar-refractivity contribution in [1.29, 1.82) is 0 Å². The zero-order chi connectivity index (χ0) is 25.0. The van der Waals surface area contributed by atoms with Crippen LogP contribution in [0.2, 0.25) is 0 Å². The van der Waals surface area contributed by atoms with Gasteiger partial charge in [-0.2, -0.15) is 13.2 Å². The number of carbonyl (C=O) groups is 1. The largest absolute Gasteiger partial charge is 0.493 e. The lowest BCUT2D eigenvalue weighted by atomic mass is 10.0. The molecule has 4 rings (SSSR count). The SMILES string of the molecule is CCCc1c(OCCCOc2ccc3ccn(CC(=O)OC)c3c2)ccc2c(C(F)(F)F)noc12. The van der Waals surface area contributed by atoms with Crippen LogP contribution in [0, 0.1) is 0 Å². The van der Waals surface area contributed by atoms with Crippen LogP contribution in [0.25, 0.3) is 21.9 Å². The summed E-state index contributed by atoms with van der Waals surface area (Å²) in [6.45, 7) is 2.71. The number of esters is 1. The summed E-state index contributed by atoms with van der Waals surface area (Å²) in [4.78, 5) is 11.6. The molecule has 0 N–H and O–H groups in total. The molecule has 0 saturated heterocycles. The number of hydrogen-bond donors (Lipinski definition) is 0. The van der Waals surface area contributed by atoms with E-state index < -0.39 is 11.9 Å². The van der Waals surface area contributed by atoms with Crippen LogP contribution in [0.4, 0.5) is 13.2 Å². The van der Waals surface area contributed by atoms with Crippen LogP contribution in [0.3, 0.4) is 0 Å². The number of ether oxygens (including phenoxy) is 3. The van der Waals surface area contributed by atoms with Crippen LogP contribution < -0.4 is 9.47 Å². The monoisotopic (exact) mass is 490 g/mol. The summed E-state index contributed by atoms with van der Waals surface area (Å²) >= 11 is 0. The fraction of sp³-hybridized carbons (Fsp3) is 0.360. The van der Waals surface area contributed by atoms with Crippen LogP contribution in [-0.2, 0) is 28.7 Å². The van der Waals surface area contributed by atoms with E-state index in [0.717, 1.165) is 10.9 Å². The minimum atomic E-state index is -4.58. The standard InChI is InChI=1S/C25H25F3N2O5/c1-3-5-18-21(9-8-19-23(18)35-29-24(19)25(26,27)28)34-13-4-12-33-17-7-6-16-10-11-30(20(16)14-17)15-22(31)32-2/h6-11,14H,3-5,12-13,15H2,1-2H3. The lowest BCUT2D eigenvalue weighted by Gasteiger charge is -2.12. The molecule has 2 heterocycles. The van der Waals surface area contributed by atoms with Gasteiger partial charge in [0.25, 0.3) is 0 Å². The van der Waals surface area contributed by atoms with Gasteiger partial charge >= 0.3 is 12.1 Å². The highest BCUT2D eigenvalue weighted by molar-refractivity contribution is 5.85. The predicted octanol–water partition coefficient (Wildman–Crippen LogP) is 5.77. The van der Waals surface area contributed by atoms with Crippen molar-refractivity contribution in [3.05, 3.63) is 53.9 Å². The molecule has 186 valence electrons. The molecular weight excluding hydrogens is 465 g/mol. The highest BCUT2D eigenvalue weighted by atomic mass is 19.4. The smallest absolute Gasteiger partial charge is 0.437 e. The molecule has 2 aromatic heterocycles. The molecular formula is C25H25F3N2O5. The van der Waals surface area contributed by atoms with E-state index in [9.17, 15) is 18.0 Å². The molecule has 0 atom stereocenters. The number of alkyl halides is 3. The zero-order valence-electron chi connectivity index (χ0n) is 19.4. The Hall–Kier alpha value is -3.69. The lowest BCUT2D eigenvalue weighted by molar-refractivity contribution is -0.142. The molecule has 0 aliphatic rings. The number of aromatic nitrogens is 2. The summed E-state index contributed by atoms with van der Waals surface area (Å²) in [6, 6.07) is 10.4. The van der Waals surface area contributed by atoms with Crippen LogP contribution in [0.15, 0.2) is 47.1 Å². The van der Waals surface area contributed by atoms with E-state index >= 15 is 0 Å². The highest BCUT2D eigenvalue weighted by Gasteiger charge is 2.37. The molecule has 0 saturated carbocycles. The fourth-order valence-corrected chi connectivity index (χ4v) is 3.89. The molecule has 0 spiro atoms. The van der Waals surface area contributed by atoms with Crippen molar-refractivity contribution in [2.45, 2.75) is 38.9 Å². The van der Waals surface area contributed by atoms with Gasteiger partial charge < -0.3 is 23.3 Å². The third kappa shape index (κ3) is 5.36. The molecule has 0 aliphatic carbocycles. The first kappa shape index (κ1) is 24.4. The van der Waals surface area contributed by atoms with E-state index in [2.05, 4.69) is 5.16 Å². The molecule has 0 unspecified atom stereocenters. The second kappa shape index (κ2) is 10.3. The van der Waals surface area contributed by atoms with E-state index in [1.165, 1.54) is 19.2 Å². The van der Waals surface area contributed by atoms with Gasteiger partial charge in [0, 0.05) is 24.2 Å². The van der Waals surface area contributed by atoms with E-state index in [-0.39, 0.29) is 23.5 Å². The lowest BCUT2D eigenvalue weighted by Crippen LogP contribution is -2.10. The van der Waals surface area contributed by atoms with Crippen molar-refractivity contribution in [2.75, 3.05) is 20.3 Å². The topological polar surface area (TPSA) is 75.7 Å². The molecule has 0 aliphatic heterocycles. The highest BCUT2D eigenvalue weighted by Crippen LogP contribution is 2.38. The number of carbonyl (C=O) groups excluding carboxylic acids is 1. The van der Waals surface area contributed by atoms with Gasteiger partial charge in [0.05, 0.1) is 31.2 Å². The van der Waals surface area contributed by atoms with Gasteiger partial charge in [0.1, 0.15) is 18.0 Å². The molecule has 7 nitrogen and oxygen atoms in total. The van der Waals surface area contributed by atoms with Gasteiger partial charge in [-0.1, -0.05) is 18.5 Å². The van der Waals surface area contributed by atoms with E-state index in [4.69, 9.17) is 18.7 Å². The van der Waals surface area contributed by atoms with Gasteiger partial charge in [0.2, 0.25) is 0 Å². The third-order valence-electron chi connectivity index (χ3n) is 5.56. The van der Waals surface area contributed by atoms with Crippen molar-refractivity contribution >= 4 is 27.8 Å². The van der Waals surface area contributed by atoms with Crippen LogP contribution in [0.5, 0.6) is 11.5 Å². The van der Waals surface area contributed by atoms with Crippen molar-refractivity contribution in [1.82, 2.24) is 9.72 Å². The first-order valence-corrected chi connectivity index (χ1v) is 11.2. The van der Waals surface area contributed by atoms with Crippen LogP contribution in [-0.4, -0.2) is 36.0 Å². The summed E-state index contributed by atoms with van der Waals surface area (Å²) in [5, 5.41) is 4.15. The minimum absolute atomic E-state index is 0.0658. The Morgan fingerprint density at radius 2 is 1.91 bits per heavy atom. The maximum atomic E-state index is 13.2. The quantitative estimate of drug-likeness (QED) is 0.207. The number of fused-ring (bicyclic) bond motifs is 2. The minimum Gasteiger partial charge on any atom is -0.493 e. The summed E-state index contributed by atoms with van der Waals surface area (Å²) in [5.74, 6) is 0.787. The van der Waals surface area contributed by atoms with Gasteiger partial charge in [-0.25, -0.2) is 0 Å². The average molecular weight is 490 g/mol. The number of benzene rings is 2. The van der Waals surface area contributed by atoms with Crippen molar-refractivity contribution in [3.8, 4) is 11.5 Å². The zero-order valence-corrected chi connectivity index (χ0v) is 19.4. The Morgan fingerprint density at radius 1 is 1.11 bits per heavy atom. The Bertz CT molecular complexity index is 1330. The van der Waals surface area contributed by atoms with E-state index in [1.54, 1.807) is 4.57 Å². The summed E-state index contributed by atoms with van der Waals surface area (Å²) in [7, 11) is 1.35. The molecule has 0 amide bonds. The van der Waals surface area contributed by atoms with Crippen LogP contribution >= 0.6 is 0 Å². The van der Waals surface area contributed by atoms with Gasteiger partial charge in [-0.05, 0) is 42.1 Å².